The van der Waals surface area contributed by atoms with E-state index in [1.807, 2.05) is 0 Å². The molecule has 2 aliphatic rings. The molecule has 4 aromatic heterocycles. The third-order valence-corrected chi connectivity index (χ3v) is 9.06. The Morgan fingerprint density at radius 3 is 2.62 bits per heavy atom. The van der Waals surface area contributed by atoms with Crippen LogP contribution in [0.1, 0.15) is 46.6 Å². The van der Waals surface area contributed by atoms with Crippen molar-refractivity contribution in [2.45, 2.75) is 43.8 Å². The number of rotatable bonds is 5. The number of alkyl halides is 3. The van der Waals surface area contributed by atoms with E-state index in [4.69, 9.17) is 16.0 Å². The summed E-state index contributed by atoms with van der Waals surface area (Å²) in [5.41, 5.74) is -1.08. The highest BCUT2D eigenvalue weighted by Gasteiger charge is 2.46. The Kier molecular flexibility index (Phi) is 7.26. The number of amides is 2. The molecule has 242 valence electrons. The van der Waals surface area contributed by atoms with E-state index in [-0.39, 0.29) is 46.1 Å². The van der Waals surface area contributed by atoms with Crippen LogP contribution in [0.25, 0.3) is 17.4 Å². The van der Waals surface area contributed by atoms with Crippen molar-refractivity contribution in [2.75, 3.05) is 18.4 Å². The van der Waals surface area contributed by atoms with Crippen LogP contribution in [0.3, 0.4) is 0 Å². The molecule has 47 heavy (non-hydrogen) atoms. The average molecular weight is 669 g/mol. The zero-order valence-corrected chi connectivity index (χ0v) is 25.0. The Hall–Kier alpha value is -5.25. The molecule has 0 saturated carbocycles. The molecule has 2 N–H and O–H groups in total. The van der Waals surface area contributed by atoms with Crippen LogP contribution in [-0.2, 0) is 29.4 Å². The molecule has 5 heterocycles. The molecule has 1 saturated heterocycles. The molecule has 1 fully saturated rings. The fourth-order valence-electron chi connectivity index (χ4n) is 6.45. The Balaban J connectivity index is 1.24. The van der Waals surface area contributed by atoms with Crippen LogP contribution in [0.5, 0.6) is 5.75 Å². The van der Waals surface area contributed by atoms with Crippen molar-refractivity contribution >= 4 is 34.9 Å². The average Bonchev–Trinajstić information content (AvgIpc) is 3.80. The summed E-state index contributed by atoms with van der Waals surface area (Å²) in [6.45, 7) is 0.219. The van der Waals surface area contributed by atoms with Gasteiger partial charge in [-0.2, -0.15) is 22.7 Å². The maximum absolute atomic E-state index is 14.1. The Labute approximate surface area is 267 Å². The number of carbonyl (C=O) groups excluding carboxylic acids is 2. The van der Waals surface area contributed by atoms with Gasteiger partial charge in [0.15, 0.2) is 17.8 Å². The molecule has 5 aromatic rings. The number of anilines is 1. The van der Waals surface area contributed by atoms with Gasteiger partial charge in [-0.1, -0.05) is 11.6 Å². The summed E-state index contributed by atoms with van der Waals surface area (Å²) >= 11 is 6.08. The van der Waals surface area contributed by atoms with Crippen LogP contribution in [0.2, 0.25) is 5.02 Å². The van der Waals surface area contributed by atoms with Gasteiger partial charge in [0.1, 0.15) is 12.3 Å². The van der Waals surface area contributed by atoms with E-state index in [0.29, 0.717) is 50.0 Å². The molecule has 0 atom stereocenters. The molecule has 0 unspecified atom stereocenters. The Morgan fingerprint density at radius 2 is 1.94 bits per heavy atom. The highest BCUT2D eigenvalue weighted by Crippen LogP contribution is 2.45. The molecular weight excluding hydrogens is 645 g/mol. The lowest BCUT2D eigenvalue weighted by Crippen LogP contribution is -2.46. The first-order valence-corrected chi connectivity index (χ1v) is 14.8. The van der Waals surface area contributed by atoms with Crippen LogP contribution in [0.4, 0.5) is 18.9 Å². The van der Waals surface area contributed by atoms with Crippen molar-refractivity contribution in [3.8, 4) is 17.3 Å². The fraction of sp³-hybridized carbons (Fsp3) is 0.300. The van der Waals surface area contributed by atoms with Gasteiger partial charge in [0, 0.05) is 36.0 Å². The number of halogens is 4. The first-order valence-electron chi connectivity index (χ1n) is 14.5. The van der Waals surface area contributed by atoms with Crippen molar-refractivity contribution in [3.05, 3.63) is 87.0 Å². The number of oxazole rings is 1. The normalized spacial score (nSPS) is 15.7. The second kappa shape index (κ2) is 11.2. The van der Waals surface area contributed by atoms with Crippen LogP contribution < -0.4 is 10.9 Å². The lowest BCUT2D eigenvalue weighted by atomic mass is 9.74. The van der Waals surface area contributed by atoms with Gasteiger partial charge in [-0.05, 0) is 56.0 Å². The number of hydrogen-bond acceptors (Lipinski definition) is 9. The predicted molar refractivity (Wildman–Crippen MR) is 159 cm³/mol. The van der Waals surface area contributed by atoms with Crippen molar-refractivity contribution in [3.63, 3.8) is 0 Å². The van der Waals surface area contributed by atoms with E-state index in [0.717, 1.165) is 22.7 Å². The number of nitrogens with zero attached hydrogens (tertiary/aromatic N) is 7. The number of likely N-dealkylation sites (tertiary alicyclic amines) is 1. The number of aromatic hydroxyl groups is 1. The standard InChI is InChI=1S/C30H24ClF3N8O5/c31-17-12-16(30(32,33)34)3-4-18(17)37-22(44)14-41-19-5-6-29(7-10-40(11-8-29)27(46)24-20(43)2-1-9-36-24)23(19)26(45)42-28(41)38-25(39-42)21-13-35-15-47-21/h1-4,9,12-13,15,43H,5-8,10-11,14H2,(H,37,44). The topological polar surface area (TPSA) is 161 Å². The predicted octanol–water partition coefficient (Wildman–Crippen LogP) is 4.08. The van der Waals surface area contributed by atoms with Gasteiger partial charge in [-0.25, -0.2) is 9.97 Å². The number of benzene rings is 1. The van der Waals surface area contributed by atoms with Crippen molar-refractivity contribution in [2.24, 2.45) is 0 Å². The smallest absolute Gasteiger partial charge is 0.416 e. The molecule has 1 spiro atoms. The highest BCUT2D eigenvalue weighted by molar-refractivity contribution is 6.33. The maximum Gasteiger partial charge on any atom is 0.416 e. The minimum absolute atomic E-state index is 0.0188. The molecule has 17 heteroatoms. The van der Waals surface area contributed by atoms with Crippen LogP contribution >= 0.6 is 11.6 Å². The first-order chi connectivity index (χ1) is 22.4. The minimum Gasteiger partial charge on any atom is -0.505 e. The van der Waals surface area contributed by atoms with Gasteiger partial charge in [0.2, 0.25) is 17.5 Å². The number of aromatic nitrogens is 6. The molecule has 1 aliphatic heterocycles. The highest BCUT2D eigenvalue weighted by atomic mass is 35.5. The molecular formula is C30H24ClF3N8O5. The minimum atomic E-state index is -4.61. The third-order valence-electron chi connectivity index (χ3n) is 8.74. The van der Waals surface area contributed by atoms with E-state index >= 15 is 0 Å². The number of hydrogen-bond donors (Lipinski definition) is 2. The molecule has 7 rings (SSSR count). The quantitative estimate of drug-likeness (QED) is 0.281. The molecule has 0 radical (unpaired) electrons. The molecule has 0 bridgehead atoms. The summed E-state index contributed by atoms with van der Waals surface area (Å²) in [6, 6.07) is 5.52. The van der Waals surface area contributed by atoms with E-state index in [1.165, 1.54) is 30.9 Å². The number of nitrogens with one attached hydrogen (secondary N) is 1. The largest absolute Gasteiger partial charge is 0.505 e. The Bertz CT molecular complexity index is 2100. The van der Waals surface area contributed by atoms with Crippen LogP contribution in [-0.4, -0.2) is 64.0 Å². The van der Waals surface area contributed by atoms with E-state index < -0.39 is 34.5 Å². The lowest BCUT2D eigenvalue weighted by molar-refractivity contribution is -0.137. The zero-order valence-electron chi connectivity index (χ0n) is 24.3. The summed E-state index contributed by atoms with van der Waals surface area (Å²) < 4.78 is 47.4. The molecule has 13 nitrogen and oxygen atoms in total. The summed E-state index contributed by atoms with van der Waals surface area (Å²) in [6.07, 6.45) is 1.20. The maximum atomic E-state index is 14.1. The summed E-state index contributed by atoms with van der Waals surface area (Å²) in [5, 5.41) is 16.8. The van der Waals surface area contributed by atoms with Gasteiger partial charge in [-0.15, -0.1) is 5.10 Å². The number of fused-ring (bicyclic) bond motifs is 3. The second-order valence-corrected chi connectivity index (χ2v) is 11.8. The van der Waals surface area contributed by atoms with Crippen molar-refractivity contribution in [1.82, 2.24) is 34.0 Å². The Morgan fingerprint density at radius 1 is 1.15 bits per heavy atom. The lowest BCUT2D eigenvalue weighted by Gasteiger charge is -2.39. The summed E-state index contributed by atoms with van der Waals surface area (Å²) in [5.74, 6) is -0.952. The van der Waals surface area contributed by atoms with E-state index in [1.54, 1.807) is 9.47 Å². The van der Waals surface area contributed by atoms with Gasteiger partial charge < -0.3 is 24.3 Å². The second-order valence-electron chi connectivity index (χ2n) is 11.4. The van der Waals surface area contributed by atoms with Gasteiger partial charge in [-0.3, -0.25) is 14.4 Å². The summed E-state index contributed by atoms with van der Waals surface area (Å²) in [4.78, 5) is 54.6. The number of carbonyl (C=O) groups is 2. The van der Waals surface area contributed by atoms with Gasteiger partial charge >= 0.3 is 6.18 Å². The number of pyridine rings is 1. The first kappa shape index (κ1) is 30.4. The number of piperidine rings is 1. The SMILES string of the molecule is O=C(Cn1c2c(c(=O)n3nc(-c4cnco4)nc13)C1(CC2)CCN(C(=O)c2ncccc2O)CC1)Nc1ccc(C(F)(F)F)cc1Cl. The third kappa shape index (κ3) is 5.27. The zero-order chi connectivity index (χ0) is 33.1. The van der Waals surface area contributed by atoms with Crippen LogP contribution in [0, 0.1) is 0 Å². The molecule has 2 amide bonds. The van der Waals surface area contributed by atoms with Gasteiger partial charge in [0.05, 0.1) is 22.5 Å². The van der Waals surface area contributed by atoms with Crippen molar-refractivity contribution < 1.29 is 32.3 Å². The van der Waals surface area contributed by atoms with Gasteiger partial charge in [0.25, 0.3) is 11.5 Å². The van der Waals surface area contributed by atoms with E-state index in [9.17, 15) is 32.7 Å². The summed E-state index contributed by atoms with van der Waals surface area (Å²) in [7, 11) is 0. The molecule has 1 aromatic carbocycles. The molecule has 1 aliphatic carbocycles. The monoisotopic (exact) mass is 668 g/mol. The fourth-order valence-corrected chi connectivity index (χ4v) is 6.68. The van der Waals surface area contributed by atoms with Crippen LogP contribution in [0.15, 0.2) is 58.3 Å². The van der Waals surface area contributed by atoms with Crippen molar-refractivity contribution in [1.29, 1.82) is 0 Å². The van der Waals surface area contributed by atoms with E-state index in [2.05, 4.69) is 25.4 Å².